The zero-order chi connectivity index (χ0) is 9.31. The van der Waals surface area contributed by atoms with Gasteiger partial charge >= 0.3 is 0 Å². The lowest BCUT2D eigenvalue weighted by Gasteiger charge is -2.38. The summed E-state index contributed by atoms with van der Waals surface area (Å²) in [5.74, 6) is 0. The van der Waals surface area contributed by atoms with Gasteiger partial charge < -0.3 is 10.1 Å². The number of thiophene rings is 1. The molecule has 2 nitrogen and oxygen atoms in total. The lowest BCUT2D eigenvalue weighted by atomic mass is 10.0. The molecular weight excluding hydrogens is 250 g/mol. The first-order valence-electron chi connectivity index (χ1n) is 4.26. The van der Waals surface area contributed by atoms with Crippen molar-refractivity contribution in [2.75, 3.05) is 13.1 Å². The van der Waals surface area contributed by atoms with Crippen LogP contribution in [0.15, 0.2) is 15.9 Å². The molecule has 1 aromatic rings. The Kier molecular flexibility index (Phi) is 2.74. The summed E-state index contributed by atoms with van der Waals surface area (Å²) in [7, 11) is 0. The smallest absolute Gasteiger partial charge is 0.0906 e. The molecule has 13 heavy (non-hydrogen) atoms. The highest BCUT2D eigenvalue weighted by Gasteiger charge is 2.32. The van der Waals surface area contributed by atoms with Crippen LogP contribution >= 0.6 is 27.3 Å². The van der Waals surface area contributed by atoms with Crippen LogP contribution in [0, 0.1) is 0 Å². The molecule has 4 heteroatoms. The van der Waals surface area contributed by atoms with E-state index in [9.17, 15) is 0 Å². The summed E-state index contributed by atoms with van der Waals surface area (Å²) in [4.78, 5) is 1.27. The number of rotatable bonds is 3. The molecule has 1 aromatic heterocycles. The van der Waals surface area contributed by atoms with E-state index in [0.717, 1.165) is 24.2 Å². The zero-order valence-corrected chi connectivity index (χ0v) is 9.87. The van der Waals surface area contributed by atoms with Crippen molar-refractivity contribution in [1.82, 2.24) is 5.32 Å². The maximum absolute atomic E-state index is 5.81. The van der Waals surface area contributed by atoms with Crippen molar-refractivity contribution < 1.29 is 4.74 Å². The number of halogens is 1. The Morgan fingerprint density at radius 3 is 2.92 bits per heavy atom. The van der Waals surface area contributed by atoms with Gasteiger partial charge in [-0.05, 0) is 34.3 Å². The lowest BCUT2D eigenvalue weighted by Crippen LogP contribution is -2.58. The Hall–Kier alpha value is 0.1000. The van der Waals surface area contributed by atoms with Gasteiger partial charge in [0, 0.05) is 22.4 Å². The van der Waals surface area contributed by atoms with Crippen LogP contribution in [-0.4, -0.2) is 18.7 Å². The highest BCUT2D eigenvalue weighted by Crippen LogP contribution is 2.26. The van der Waals surface area contributed by atoms with Gasteiger partial charge in [-0.1, -0.05) is 0 Å². The van der Waals surface area contributed by atoms with Crippen LogP contribution < -0.4 is 5.32 Å². The molecule has 0 unspecified atom stereocenters. The lowest BCUT2D eigenvalue weighted by molar-refractivity contribution is -0.0759. The fourth-order valence-electron chi connectivity index (χ4n) is 1.25. The Labute approximate surface area is 90.4 Å². The van der Waals surface area contributed by atoms with Gasteiger partial charge in [0.05, 0.1) is 12.2 Å². The van der Waals surface area contributed by atoms with Gasteiger partial charge in [-0.25, -0.2) is 0 Å². The van der Waals surface area contributed by atoms with E-state index in [1.165, 1.54) is 4.88 Å². The SMILES string of the molecule is CC1(OCc2sccc2Br)CNC1. The summed E-state index contributed by atoms with van der Waals surface area (Å²) >= 11 is 5.22. The third-order valence-corrected chi connectivity index (χ3v) is 4.14. The Morgan fingerprint density at radius 1 is 1.69 bits per heavy atom. The molecule has 0 amide bonds. The molecule has 2 heterocycles. The van der Waals surface area contributed by atoms with Gasteiger partial charge in [-0.2, -0.15) is 0 Å². The van der Waals surface area contributed by atoms with Crippen LogP contribution in [0.1, 0.15) is 11.8 Å². The molecule has 0 atom stereocenters. The molecule has 2 rings (SSSR count). The molecule has 1 aliphatic rings. The number of ether oxygens (including phenoxy) is 1. The normalized spacial score (nSPS) is 19.8. The predicted octanol–water partition coefficient (Wildman–Crippen LogP) is 2.39. The molecule has 0 aromatic carbocycles. The summed E-state index contributed by atoms with van der Waals surface area (Å²) in [6.45, 7) is 4.80. The van der Waals surface area contributed by atoms with E-state index >= 15 is 0 Å². The van der Waals surface area contributed by atoms with E-state index in [1.54, 1.807) is 11.3 Å². The Morgan fingerprint density at radius 2 is 2.46 bits per heavy atom. The number of nitrogens with one attached hydrogen (secondary N) is 1. The van der Waals surface area contributed by atoms with Gasteiger partial charge in [-0.15, -0.1) is 11.3 Å². The highest BCUT2D eigenvalue weighted by atomic mass is 79.9. The van der Waals surface area contributed by atoms with Crippen LogP contribution in [0.2, 0.25) is 0 Å². The van der Waals surface area contributed by atoms with E-state index < -0.39 is 0 Å². The van der Waals surface area contributed by atoms with Crippen molar-refractivity contribution in [3.63, 3.8) is 0 Å². The van der Waals surface area contributed by atoms with E-state index in [2.05, 4.69) is 39.6 Å². The average molecular weight is 262 g/mol. The van der Waals surface area contributed by atoms with Crippen molar-refractivity contribution >= 4 is 27.3 Å². The third-order valence-electron chi connectivity index (χ3n) is 2.24. The minimum Gasteiger partial charge on any atom is -0.367 e. The number of hydrogen-bond acceptors (Lipinski definition) is 3. The van der Waals surface area contributed by atoms with Crippen molar-refractivity contribution in [3.8, 4) is 0 Å². The first-order chi connectivity index (χ1) is 6.20. The predicted molar refractivity (Wildman–Crippen MR) is 58.1 cm³/mol. The van der Waals surface area contributed by atoms with Crippen molar-refractivity contribution in [2.24, 2.45) is 0 Å². The Balaban J connectivity index is 1.89. The summed E-state index contributed by atoms with van der Waals surface area (Å²) in [5.41, 5.74) is 0.0590. The topological polar surface area (TPSA) is 21.3 Å². The van der Waals surface area contributed by atoms with E-state index in [0.29, 0.717) is 0 Å². The summed E-state index contributed by atoms with van der Waals surface area (Å²) in [5, 5.41) is 5.29. The molecule has 0 radical (unpaired) electrons. The molecule has 1 aliphatic heterocycles. The molecule has 1 fully saturated rings. The fraction of sp³-hybridized carbons (Fsp3) is 0.556. The minimum atomic E-state index is 0.0590. The molecule has 0 aliphatic carbocycles. The maximum atomic E-state index is 5.81. The van der Waals surface area contributed by atoms with Crippen molar-refractivity contribution in [3.05, 3.63) is 20.8 Å². The standard InChI is InChI=1S/C9H12BrNOS/c1-9(5-11-6-9)12-4-8-7(10)2-3-13-8/h2-3,11H,4-6H2,1H3. The van der Waals surface area contributed by atoms with Gasteiger partial charge in [0.2, 0.25) is 0 Å². The molecule has 72 valence electrons. The first-order valence-corrected chi connectivity index (χ1v) is 5.93. The minimum absolute atomic E-state index is 0.0590. The summed E-state index contributed by atoms with van der Waals surface area (Å²) in [6.07, 6.45) is 0. The second-order valence-corrected chi connectivity index (χ2v) is 5.39. The number of hydrogen-bond donors (Lipinski definition) is 1. The zero-order valence-electron chi connectivity index (χ0n) is 7.47. The molecule has 0 saturated carbocycles. The van der Waals surface area contributed by atoms with Crippen LogP contribution in [0.25, 0.3) is 0 Å². The van der Waals surface area contributed by atoms with Crippen molar-refractivity contribution in [2.45, 2.75) is 19.1 Å². The van der Waals surface area contributed by atoms with Crippen LogP contribution in [0.4, 0.5) is 0 Å². The van der Waals surface area contributed by atoms with Gasteiger partial charge in [0.1, 0.15) is 0 Å². The quantitative estimate of drug-likeness (QED) is 0.903. The molecule has 1 N–H and O–H groups in total. The first kappa shape index (κ1) is 9.65. The second-order valence-electron chi connectivity index (χ2n) is 3.53. The highest BCUT2D eigenvalue weighted by molar-refractivity contribution is 9.10. The van der Waals surface area contributed by atoms with Gasteiger partial charge in [0.25, 0.3) is 0 Å². The summed E-state index contributed by atoms with van der Waals surface area (Å²) in [6, 6.07) is 2.06. The average Bonchev–Trinajstić information content (AvgIpc) is 2.44. The van der Waals surface area contributed by atoms with E-state index in [-0.39, 0.29) is 5.60 Å². The van der Waals surface area contributed by atoms with Crippen LogP contribution in [0.3, 0.4) is 0 Å². The van der Waals surface area contributed by atoms with Crippen molar-refractivity contribution in [1.29, 1.82) is 0 Å². The maximum Gasteiger partial charge on any atom is 0.0906 e. The van der Waals surface area contributed by atoms with Gasteiger partial charge in [0.15, 0.2) is 0 Å². The van der Waals surface area contributed by atoms with Gasteiger partial charge in [-0.3, -0.25) is 0 Å². The molecule has 1 saturated heterocycles. The monoisotopic (exact) mass is 261 g/mol. The molecule has 0 spiro atoms. The van der Waals surface area contributed by atoms with E-state index in [4.69, 9.17) is 4.74 Å². The second kappa shape index (κ2) is 3.69. The van der Waals surface area contributed by atoms with Crippen LogP contribution in [-0.2, 0) is 11.3 Å². The largest absolute Gasteiger partial charge is 0.367 e. The molecular formula is C9H12BrNOS. The van der Waals surface area contributed by atoms with E-state index in [1.807, 2.05) is 0 Å². The fourth-order valence-corrected chi connectivity index (χ4v) is 2.62. The van der Waals surface area contributed by atoms with Crippen LogP contribution in [0.5, 0.6) is 0 Å². The summed E-state index contributed by atoms with van der Waals surface area (Å²) < 4.78 is 6.97. The molecule has 0 bridgehead atoms. The Bertz CT molecular complexity index is 296. The third kappa shape index (κ3) is 2.13.